The lowest BCUT2D eigenvalue weighted by molar-refractivity contribution is -0.136. The van der Waals surface area contributed by atoms with Gasteiger partial charge < -0.3 is 5.11 Å². The molecule has 17 heavy (non-hydrogen) atoms. The zero-order valence-electron chi connectivity index (χ0n) is 9.47. The number of nitrogens with zero attached hydrogens (tertiary/aromatic N) is 2. The number of hydrogen-bond acceptors (Lipinski definition) is 3. The number of carboxylic acid groups (broad SMARTS) is 1. The molecule has 0 bridgehead atoms. The smallest absolute Gasteiger partial charge is 0.303 e. The molecule has 88 valence electrons. The molecular weight excluding hydrogens is 218 g/mol. The Morgan fingerprint density at radius 1 is 1.47 bits per heavy atom. The fourth-order valence-electron chi connectivity index (χ4n) is 1.74. The summed E-state index contributed by atoms with van der Waals surface area (Å²) in [6, 6.07) is 5.63. The van der Waals surface area contributed by atoms with Crippen LogP contribution in [0, 0.1) is 6.92 Å². The third kappa shape index (κ3) is 2.50. The number of carbonyl (C=O) groups is 1. The molecule has 2 rings (SSSR count). The molecule has 5 nitrogen and oxygen atoms in total. The molecule has 0 fully saturated rings. The standard InChI is InChI=1S/C12H13N3O2/c1-8-12(9-4-2-3-7-13-9)10(15-14-8)5-6-11(16)17/h2-4,7H,5-6H2,1H3,(H,14,15)(H,16,17). The first-order valence-electron chi connectivity index (χ1n) is 5.35. The van der Waals surface area contributed by atoms with Crippen molar-refractivity contribution in [3.05, 3.63) is 35.8 Å². The summed E-state index contributed by atoms with van der Waals surface area (Å²) in [6.07, 6.45) is 2.19. The van der Waals surface area contributed by atoms with Gasteiger partial charge in [0.25, 0.3) is 0 Å². The third-order valence-electron chi connectivity index (χ3n) is 2.52. The van der Waals surface area contributed by atoms with Crippen LogP contribution in [-0.2, 0) is 11.2 Å². The second-order valence-electron chi connectivity index (χ2n) is 3.78. The van der Waals surface area contributed by atoms with Crippen LogP contribution in [0.4, 0.5) is 0 Å². The molecule has 0 radical (unpaired) electrons. The summed E-state index contributed by atoms with van der Waals surface area (Å²) < 4.78 is 0. The maximum absolute atomic E-state index is 10.6. The number of rotatable bonds is 4. The van der Waals surface area contributed by atoms with Gasteiger partial charge in [0, 0.05) is 23.9 Å². The molecule has 2 heterocycles. The Balaban J connectivity index is 2.33. The number of hydrogen-bond donors (Lipinski definition) is 2. The van der Waals surface area contributed by atoms with E-state index in [0.717, 1.165) is 22.6 Å². The molecule has 0 saturated carbocycles. The Kier molecular flexibility index (Phi) is 3.18. The zero-order valence-corrected chi connectivity index (χ0v) is 9.47. The number of carboxylic acids is 1. The van der Waals surface area contributed by atoms with Crippen molar-refractivity contribution in [3.8, 4) is 11.3 Å². The third-order valence-corrected chi connectivity index (χ3v) is 2.52. The second-order valence-corrected chi connectivity index (χ2v) is 3.78. The molecule has 0 unspecified atom stereocenters. The molecule has 0 aromatic carbocycles. The first-order valence-corrected chi connectivity index (χ1v) is 5.35. The van der Waals surface area contributed by atoms with Crippen molar-refractivity contribution in [2.45, 2.75) is 19.8 Å². The van der Waals surface area contributed by atoms with Crippen LogP contribution >= 0.6 is 0 Å². The number of nitrogens with one attached hydrogen (secondary N) is 1. The lowest BCUT2D eigenvalue weighted by Crippen LogP contribution is -1.99. The highest BCUT2D eigenvalue weighted by atomic mass is 16.4. The van der Waals surface area contributed by atoms with Crippen molar-refractivity contribution >= 4 is 5.97 Å². The lowest BCUT2D eigenvalue weighted by Gasteiger charge is -2.01. The Hall–Kier alpha value is -2.17. The molecule has 0 amide bonds. The molecule has 0 aliphatic heterocycles. The van der Waals surface area contributed by atoms with Crippen molar-refractivity contribution in [1.82, 2.24) is 15.2 Å². The molecule has 2 N–H and O–H groups in total. The molecule has 2 aromatic rings. The second kappa shape index (κ2) is 4.78. The first-order chi connectivity index (χ1) is 8.18. The van der Waals surface area contributed by atoms with E-state index in [-0.39, 0.29) is 6.42 Å². The molecular formula is C12H13N3O2. The Morgan fingerprint density at radius 3 is 2.94 bits per heavy atom. The average molecular weight is 231 g/mol. The van der Waals surface area contributed by atoms with Gasteiger partial charge in [-0.1, -0.05) is 6.07 Å². The maximum atomic E-state index is 10.6. The summed E-state index contributed by atoms with van der Waals surface area (Å²) in [5.74, 6) is -0.822. The lowest BCUT2D eigenvalue weighted by atomic mass is 10.1. The van der Waals surface area contributed by atoms with E-state index in [1.54, 1.807) is 6.20 Å². The van der Waals surface area contributed by atoms with Crippen LogP contribution in [0.25, 0.3) is 11.3 Å². The van der Waals surface area contributed by atoms with Crippen LogP contribution in [0.3, 0.4) is 0 Å². The van der Waals surface area contributed by atoms with Crippen LogP contribution in [0.15, 0.2) is 24.4 Å². The summed E-state index contributed by atoms with van der Waals surface area (Å²) in [7, 11) is 0. The number of aromatic nitrogens is 3. The fourth-order valence-corrected chi connectivity index (χ4v) is 1.74. The molecule has 0 aliphatic carbocycles. The molecule has 5 heteroatoms. The summed E-state index contributed by atoms with van der Waals surface area (Å²) in [5.41, 5.74) is 3.39. The quantitative estimate of drug-likeness (QED) is 0.840. The number of H-pyrrole nitrogens is 1. The van der Waals surface area contributed by atoms with Crippen molar-refractivity contribution in [1.29, 1.82) is 0 Å². The number of pyridine rings is 1. The van der Waals surface area contributed by atoms with Crippen LogP contribution in [0.5, 0.6) is 0 Å². The minimum Gasteiger partial charge on any atom is -0.481 e. The van der Waals surface area contributed by atoms with Crippen molar-refractivity contribution < 1.29 is 9.90 Å². The highest BCUT2D eigenvalue weighted by Gasteiger charge is 2.14. The normalized spacial score (nSPS) is 10.4. The molecule has 2 aromatic heterocycles. The van der Waals surface area contributed by atoms with E-state index >= 15 is 0 Å². The van der Waals surface area contributed by atoms with Gasteiger partial charge in [-0.15, -0.1) is 0 Å². The molecule has 0 atom stereocenters. The number of aromatic amines is 1. The van der Waals surface area contributed by atoms with E-state index in [1.807, 2.05) is 25.1 Å². The van der Waals surface area contributed by atoms with Gasteiger partial charge in [-0.3, -0.25) is 14.9 Å². The summed E-state index contributed by atoms with van der Waals surface area (Å²) in [4.78, 5) is 14.8. The van der Waals surface area contributed by atoms with Crippen LogP contribution < -0.4 is 0 Å². The van der Waals surface area contributed by atoms with Gasteiger partial charge in [0.1, 0.15) is 0 Å². The monoisotopic (exact) mass is 231 g/mol. The fraction of sp³-hybridized carbons (Fsp3) is 0.250. The predicted molar refractivity (Wildman–Crippen MR) is 62.5 cm³/mol. The van der Waals surface area contributed by atoms with Crippen molar-refractivity contribution in [3.63, 3.8) is 0 Å². The Morgan fingerprint density at radius 2 is 2.29 bits per heavy atom. The summed E-state index contributed by atoms with van der Waals surface area (Å²) in [6.45, 7) is 1.90. The van der Waals surface area contributed by atoms with E-state index in [2.05, 4.69) is 15.2 Å². The van der Waals surface area contributed by atoms with E-state index in [9.17, 15) is 4.79 Å². The largest absolute Gasteiger partial charge is 0.481 e. The molecule has 0 saturated heterocycles. The molecule has 0 aliphatic rings. The van der Waals surface area contributed by atoms with Gasteiger partial charge in [-0.25, -0.2) is 0 Å². The van der Waals surface area contributed by atoms with Crippen molar-refractivity contribution in [2.24, 2.45) is 0 Å². The Bertz CT molecular complexity index is 520. The highest BCUT2D eigenvalue weighted by Crippen LogP contribution is 2.24. The molecule has 0 spiro atoms. The van der Waals surface area contributed by atoms with E-state index in [1.165, 1.54) is 0 Å². The predicted octanol–water partition coefficient (Wildman–Crippen LogP) is 1.80. The maximum Gasteiger partial charge on any atom is 0.303 e. The number of aliphatic carboxylic acids is 1. The highest BCUT2D eigenvalue weighted by molar-refractivity contribution is 5.69. The minimum atomic E-state index is -0.822. The van der Waals surface area contributed by atoms with E-state index < -0.39 is 5.97 Å². The van der Waals surface area contributed by atoms with Crippen LogP contribution in [0.1, 0.15) is 17.8 Å². The average Bonchev–Trinajstić information content (AvgIpc) is 2.69. The van der Waals surface area contributed by atoms with Gasteiger partial charge in [0.05, 0.1) is 17.8 Å². The van der Waals surface area contributed by atoms with Gasteiger partial charge in [0.15, 0.2) is 0 Å². The first kappa shape index (κ1) is 11.3. The minimum absolute atomic E-state index is 0.0735. The van der Waals surface area contributed by atoms with Gasteiger partial charge in [0.2, 0.25) is 0 Å². The van der Waals surface area contributed by atoms with Gasteiger partial charge in [-0.2, -0.15) is 5.10 Å². The SMILES string of the molecule is Cc1[nH]nc(CCC(=O)O)c1-c1ccccn1. The Labute approximate surface area is 98.5 Å². The van der Waals surface area contributed by atoms with Crippen LogP contribution in [0.2, 0.25) is 0 Å². The summed E-state index contributed by atoms with van der Waals surface area (Å²) >= 11 is 0. The van der Waals surface area contributed by atoms with Gasteiger partial charge in [-0.05, 0) is 19.1 Å². The summed E-state index contributed by atoms with van der Waals surface area (Å²) in [5, 5.41) is 15.7. The van der Waals surface area contributed by atoms with Crippen LogP contribution in [-0.4, -0.2) is 26.3 Å². The van der Waals surface area contributed by atoms with Crippen molar-refractivity contribution in [2.75, 3.05) is 0 Å². The van der Waals surface area contributed by atoms with Gasteiger partial charge >= 0.3 is 5.97 Å². The zero-order chi connectivity index (χ0) is 12.3. The number of aryl methyl sites for hydroxylation is 2. The van der Waals surface area contributed by atoms with E-state index in [0.29, 0.717) is 6.42 Å². The topological polar surface area (TPSA) is 78.9 Å². The van der Waals surface area contributed by atoms with E-state index in [4.69, 9.17) is 5.11 Å².